The van der Waals surface area contributed by atoms with Gasteiger partial charge in [0.15, 0.2) is 0 Å². The van der Waals surface area contributed by atoms with Crippen LogP contribution in [0.4, 0.5) is 17.1 Å². The summed E-state index contributed by atoms with van der Waals surface area (Å²) in [5, 5.41) is 7.51. The van der Waals surface area contributed by atoms with Gasteiger partial charge in [-0.1, -0.05) is 194 Å². The van der Waals surface area contributed by atoms with E-state index in [1.54, 1.807) is 0 Å². The Balaban J connectivity index is 0.901. The number of nitrogens with zero attached hydrogens (tertiary/aromatic N) is 2. The maximum Gasteiger partial charge on any atom is 0.0541 e. The first-order valence-electron chi connectivity index (χ1n) is 22.0. The highest BCUT2D eigenvalue weighted by atomic mass is 15.1. The number of rotatable bonds is 8. The van der Waals surface area contributed by atoms with Gasteiger partial charge in [0.05, 0.1) is 16.7 Å². The summed E-state index contributed by atoms with van der Waals surface area (Å²) in [5.74, 6) is 0. The van der Waals surface area contributed by atoms with E-state index < -0.39 is 0 Å². The lowest BCUT2D eigenvalue weighted by molar-refractivity contribution is 1.18. The van der Waals surface area contributed by atoms with Crippen LogP contribution >= 0.6 is 0 Å². The summed E-state index contributed by atoms with van der Waals surface area (Å²) in [6.45, 7) is 0. The molecular weight excluding hydrogens is 773 g/mol. The number of anilines is 3. The monoisotopic (exact) mass is 814 g/mol. The van der Waals surface area contributed by atoms with Crippen molar-refractivity contribution in [2.75, 3.05) is 4.90 Å². The van der Waals surface area contributed by atoms with Crippen LogP contribution in [-0.4, -0.2) is 4.57 Å². The zero-order valence-corrected chi connectivity index (χ0v) is 35.1. The average Bonchev–Trinajstić information content (AvgIpc) is 3.71. The Bertz CT molecular complexity index is 3590. The van der Waals surface area contributed by atoms with Gasteiger partial charge in [0.1, 0.15) is 0 Å². The van der Waals surface area contributed by atoms with Crippen LogP contribution in [0.1, 0.15) is 0 Å². The Morgan fingerprint density at radius 1 is 0.250 bits per heavy atom. The molecule has 0 spiro atoms. The van der Waals surface area contributed by atoms with Gasteiger partial charge in [-0.15, -0.1) is 0 Å². The van der Waals surface area contributed by atoms with Crippen molar-refractivity contribution in [3.8, 4) is 50.2 Å². The van der Waals surface area contributed by atoms with Crippen molar-refractivity contribution in [1.82, 2.24) is 4.57 Å². The summed E-state index contributed by atoms with van der Waals surface area (Å²) in [4.78, 5) is 2.37. The van der Waals surface area contributed by atoms with E-state index in [1.807, 2.05) is 0 Å². The Hall–Kier alpha value is -8.46. The molecule has 0 aliphatic rings. The van der Waals surface area contributed by atoms with Crippen LogP contribution in [-0.2, 0) is 0 Å². The smallest absolute Gasteiger partial charge is 0.0541 e. The van der Waals surface area contributed by atoms with Gasteiger partial charge in [0.2, 0.25) is 0 Å². The molecule has 0 fully saturated rings. The van der Waals surface area contributed by atoms with Crippen LogP contribution in [0.2, 0.25) is 0 Å². The van der Waals surface area contributed by atoms with E-state index in [4.69, 9.17) is 0 Å². The highest BCUT2D eigenvalue weighted by Crippen LogP contribution is 2.41. The molecule has 2 heteroatoms. The van der Waals surface area contributed by atoms with Gasteiger partial charge in [-0.2, -0.15) is 0 Å². The number of para-hydroxylation sites is 3. The molecule has 12 rings (SSSR count). The second-order valence-corrected chi connectivity index (χ2v) is 16.5. The van der Waals surface area contributed by atoms with Crippen molar-refractivity contribution in [1.29, 1.82) is 0 Å². The maximum absolute atomic E-state index is 2.41. The van der Waals surface area contributed by atoms with E-state index in [9.17, 15) is 0 Å². The molecule has 2 nitrogen and oxygen atoms in total. The zero-order chi connectivity index (χ0) is 42.4. The highest BCUT2D eigenvalue weighted by Gasteiger charge is 2.17. The number of benzene rings is 11. The van der Waals surface area contributed by atoms with Gasteiger partial charge < -0.3 is 9.47 Å². The molecule has 0 amide bonds. The Morgan fingerprint density at radius 3 is 1.44 bits per heavy atom. The quantitative estimate of drug-likeness (QED) is 0.148. The van der Waals surface area contributed by atoms with Crippen LogP contribution in [0.25, 0.3) is 93.5 Å². The Kier molecular flexibility index (Phi) is 9.20. The summed E-state index contributed by atoms with van der Waals surface area (Å²) in [6.07, 6.45) is 0. The third kappa shape index (κ3) is 6.61. The molecule has 0 radical (unpaired) electrons. The standard InChI is InChI=1S/C62H42N2/c1-2-15-49-41-50(32-29-43(49)13-1)46-35-39-53(40-36-46)63(54-18-11-17-51(42-54)56-23-12-16-47-14-3-4-19-55(47)56)52-37-33-45(34-38-52)44-27-30-48(31-28-44)57-20-5-8-24-60(57)64-61-25-9-6-21-58(61)59-22-7-10-26-62(59)64/h1-42H. The molecule has 0 unspecified atom stereocenters. The number of aromatic nitrogens is 1. The first-order valence-corrected chi connectivity index (χ1v) is 22.0. The van der Waals surface area contributed by atoms with Crippen LogP contribution in [0.3, 0.4) is 0 Å². The predicted octanol–water partition coefficient (Wildman–Crippen LogP) is 17.2. The zero-order valence-electron chi connectivity index (χ0n) is 35.1. The van der Waals surface area contributed by atoms with Crippen LogP contribution in [0.5, 0.6) is 0 Å². The summed E-state index contributed by atoms with van der Waals surface area (Å²) >= 11 is 0. The van der Waals surface area contributed by atoms with Gasteiger partial charge in [-0.25, -0.2) is 0 Å². The fraction of sp³-hybridized carbons (Fsp3) is 0. The largest absolute Gasteiger partial charge is 0.310 e. The minimum Gasteiger partial charge on any atom is -0.310 e. The van der Waals surface area contributed by atoms with E-state index in [2.05, 4.69) is 264 Å². The van der Waals surface area contributed by atoms with E-state index in [0.29, 0.717) is 0 Å². The first kappa shape index (κ1) is 37.3. The number of hydrogen-bond acceptors (Lipinski definition) is 1. The SMILES string of the molecule is c1cc(-c2cccc3ccccc23)cc(N(c2ccc(-c3ccc(-c4ccccc4-n4c5ccccc5c5ccccc54)cc3)cc2)c2ccc(-c3ccc4ccccc4c3)cc2)c1. The van der Waals surface area contributed by atoms with E-state index in [0.717, 1.165) is 17.1 Å². The molecule has 0 aliphatic carbocycles. The van der Waals surface area contributed by atoms with Gasteiger partial charge in [0.25, 0.3) is 0 Å². The van der Waals surface area contributed by atoms with E-state index in [-0.39, 0.29) is 0 Å². The molecule has 12 aromatic rings. The summed E-state index contributed by atoms with van der Waals surface area (Å²) in [7, 11) is 0. The third-order valence-corrected chi connectivity index (χ3v) is 12.8. The topological polar surface area (TPSA) is 8.17 Å². The molecule has 1 heterocycles. The van der Waals surface area contributed by atoms with Crippen LogP contribution in [0, 0.1) is 0 Å². The average molecular weight is 815 g/mol. The lowest BCUT2D eigenvalue weighted by Crippen LogP contribution is -2.10. The van der Waals surface area contributed by atoms with E-state index in [1.165, 1.54) is 93.5 Å². The number of fused-ring (bicyclic) bond motifs is 5. The molecule has 11 aromatic carbocycles. The fourth-order valence-electron chi connectivity index (χ4n) is 9.65. The highest BCUT2D eigenvalue weighted by molar-refractivity contribution is 6.09. The van der Waals surface area contributed by atoms with Crippen molar-refractivity contribution >= 4 is 60.4 Å². The van der Waals surface area contributed by atoms with Crippen LogP contribution < -0.4 is 4.90 Å². The van der Waals surface area contributed by atoms with Crippen molar-refractivity contribution in [3.05, 3.63) is 255 Å². The molecule has 0 saturated heterocycles. The summed E-state index contributed by atoms with van der Waals surface area (Å²) < 4.78 is 2.41. The fourth-order valence-corrected chi connectivity index (χ4v) is 9.65. The van der Waals surface area contributed by atoms with Crippen molar-refractivity contribution in [2.24, 2.45) is 0 Å². The molecule has 300 valence electrons. The van der Waals surface area contributed by atoms with Gasteiger partial charge in [0, 0.05) is 33.4 Å². The van der Waals surface area contributed by atoms with Gasteiger partial charge >= 0.3 is 0 Å². The minimum atomic E-state index is 1.09. The maximum atomic E-state index is 2.41. The summed E-state index contributed by atoms with van der Waals surface area (Å²) in [6, 6.07) is 92.6. The predicted molar refractivity (Wildman–Crippen MR) is 272 cm³/mol. The van der Waals surface area contributed by atoms with Crippen LogP contribution in [0.15, 0.2) is 255 Å². The lowest BCUT2D eigenvalue weighted by atomic mass is 9.97. The minimum absolute atomic E-state index is 1.09. The molecule has 0 aliphatic heterocycles. The Labute approximate surface area is 373 Å². The molecule has 0 bridgehead atoms. The molecule has 0 N–H and O–H groups in total. The normalized spacial score (nSPS) is 11.4. The van der Waals surface area contributed by atoms with Crippen molar-refractivity contribution in [3.63, 3.8) is 0 Å². The molecule has 0 atom stereocenters. The first-order chi connectivity index (χ1) is 31.7. The second kappa shape index (κ2) is 15.8. The lowest BCUT2D eigenvalue weighted by Gasteiger charge is -2.26. The second-order valence-electron chi connectivity index (χ2n) is 16.5. The van der Waals surface area contributed by atoms with Crippen molar-refractivity contribution < 1.29 is 0 Å². The molecule has 1 aromatic heterocycles. The molecule has 64 heavy (non-hydrogen) atoms. The Morgan fingerprint density at radius 2 is 0.734 bits per heavy atom. The third-order valence-electron chi connectivity index (χ3n) is 12.8. The number of hydrogen-bond donors (Lipinski definition) is 0. The van der Waals surface area contributed by atoms with Gasteiger partial charge in [-0.3, -0.25) is 0 Å². The summed E-state index contributed by atoms with van der Waals surface area (Å²) in [5.41, 5.74) is 16.4. The molecule has 0 saturated carbocycles. The van der Waals surface area contributed by atoms with Gasteiger partial charge in [-0.05, 0) is 121 Å². The van der Waals surface area contributed by atoms with Crippen molar-refractivity contribution in [2.45, 2.75) is 0 Å². The molecular formula is C62H42N2. The van der Waals surface area contributed by atoms with E-state index >= 15 is 0 Å².